The molecule has 1 atom stereocenters. The first-order valence-corrected chi connectivity index (χ1v) is 7.01. The van der Waals surface area contributed by atoms with Gasteiger partial charge in [0.1, 0.15) is 5.82 Å². The number of benzene rings is 1. The molecule has 2 nitrogen and oxygen atoms in total. The second-order valence-corrected chi connectivity index (χ2v) is 5.11. The molecule has 3 heteroatoms. The maximum absolute atomic E-state index is 13.9. The van der Waals surface area contributed by atoms with E-state index in [-0.39, 0.29) is 11.9 Å². The van der Waals surface area contributed by atoms with Crippen LogP contribution in [0, 0.1) is 19.7 Å². The molecule has 2 rings (SSSR count). The van der Waals surface area contributed by atoms with Crippen molar-refractivity contribution >= 4 is 0 Å². The van der Waals surface area contributed by atoms with Gasteiger partial charge in [0.2, 0.25) is 0 Å². The van der Waals surface area contributed by atoms with Gasteiger partial charge in [-0.25, -0.2) is 4.39 Å². The molecule has 0 radical (unpaired) electrons. The number of aryl methyl sites for hydroxylation is 2. The Hall–Kier alpha value is -1.74. The third kappa shape index (κ3) is 3.42. The van der Waals surface area contributed by atoms with Crippen molar-refractivity contribution in [3.63, 3.8) is 0 Å². The van der Waals surface area contributed by atoms with Gasteiger partial charge in [-0.3, -0.25) is 4.98 Å². The maximum Gasteiger partial charge on any atom is 0.146 e. The highest BCUT2D eigenvalue weighted by Crippen LogP contribution is 2.22. The van der Waals surface area contributed by atoms with Gasteiger partial charge in [-0.15, -0.1) is 0 Å². The van der Waals surface area contributed by atoms with E-state index in [0.717, 1.165) is 13.0 Å². The highest BCUT2D eigenvalue weighted by molar-refractivity contribution is 5.32. The van der Waals surface area contributed by atoms with Crippen molar-refractivity contribution in [2.45, 2.75) is 33.2 Å². The summed E-state index contributed by atoms with van der Waals surface area (Å²) in [7, 11) is 0. The van der Waals surface area contributed by atoms with Gasteiger partial charge in [0.25, 0.3) is 0 Å². The Kier molecular flexibility index (Phi) is 4.85. The van der Waals surface area contributed by atoms with Crippen LogP contribution in [0.2, 0.25) is 0 Å². The topological polar surface area (TPSA) is 24.9 Å². The van der Waals surface area contributed by atoms with Crippen LogP contribution in [-0.4, -0.2) is 11.5 Å². The van der Waals surface area contributed by atoms with Crippen LogP contribution in [0.25, 0.3) is 0 Å². The van der Waals surface area contributed by atoms with Gasteiger partial charge < -0.3 is 5.32 Å². The molecule has 0 spiro atoms. The lowest BCUT2D eigenvalue weighted by Gasteiger charge is -2.19. The zero-order valence-corrected chi connectivity index (χ0v) is 12.3. The molecule has 1 heterocycles. The van der Waals surface area contributed by atoms with Gasteiger partial charge in [0.15, 0.2) is 0 Å². The molecular formula is C17H21FN2. The normalized spacial score (nSPS) is 12.4. The Bertz CT molecular complexity index is 581. The molecule has 0 fully saturated rings. The summed E-state index contributed by atoms with van der Waals surface area (Å²) in [5, 5.41) is 3.33. The fourth-order valence-corrected chi connectivity index (χ4v) is 2.41. The van der Waals surface area contributed by atoms with Crippen LogP contribution >= 0.6 is 0 Å². The molecule has 1 unspecified atom stereocenters. The van der Waals surface area contributed by atoms with E-state index in [2.05, 4.69) is 42.3 Å². The van der Waals surface area contributed by atoms with E-state index in [4.69, 9.17) is 0 Å². The molecule has 2 aromatic rings. The fourth-order valence-electron chi connectivity index (χ4n) is 2.41. The summed E-state index contributed by atoms with van der Waals surface area (Å²) in [6.45, 7) is 6.97. The predicted octanol–water partition coefficient (Wildman–Crippen LogP) is 3.73. The van der Waals surface area contributed by atoms with Crippen LogP contribution < -0.4 is 5.32 Å². The van der Waals surface area contributed by atoms with E-state index >= 15 is 0 Å². The molecule has 0 saturated heterocycles. The smallest absolute Gasteiger partial charge is 0.146 e. The van der Waals surface area contributed by atoms with E-state index in [0.29, 0.717) is 5.69 Å². The van der Waals surface area contributed by atoms with E-state index in [1.165, 1.54) is 22.8 Å². The Morgan fingerprint density at radius 2 is 2.05 bits per heavy atom. The summed E-state index contributed by atoms with van der Waals surface area (Å²) in [5.41, 5.74) is 4.19. The number of hydrogen-bond acceptors (Lipinski definition) is 2. The van der Waals surface area contributed by atoms with Crippen molar-refractivity contribution in [1.82, 2.24) is 10.3 Å². The Morgan fingerprint density at radius 3 is 2.75 bits per heavy atom. The predicted molar refractivity (Wildman–Crippen MR) is 80.2 cm³/mol. The van der Waals surface area contributed by atoms with Crippen LogP contribution in [0.4, 0.5) is 4.39 Å². The van der Waals surface area contributed by atoms with Crippen molar-refractivity contribution < 1.29 is 4.39 Å². The molecule has 20 heavy (non-hydrogen) atoms. The first-order chi connectivity index (χ1) is 9.61. The summed E-state index contributed by atoms with van der Waals surface area (Å²) in [5.74, 6) is -0.247. The monoisotopic (exact) mass is 272 g/mol. The number of nitrogens with one attached hydrogen (secondary N) is 1. The number of pyridine rings is 1. The SMILES string of the molecule is CCNC(Cc1cc(C)ccc1C)c1ncccc1F. The molecule has 0 amide bonds. The van der Waals surface area contributed by atoms with Crippen LogP contribution in [0.5, 0.6) is 0 Å². The van der Waals surface area contributed by atoms with Gasteiger partial charge in [-0.2, -0.15) is 0 Å². The van der Waals surface area contributed by atoms with E-state index in [9.17, 15) is 4.39 Å². The second-order valence-electron chi connectivity index (χ2n) is 5.11. The maximum atomic E-state index is 13.9. The number of likely N-dealkylation sites (N-methyl/N-ethyl adjacent to an activating group) is 1. The fraction of sp³-hybridized carbons (Fsp3) is 0.353. The zero-order valence-electron chi connectivity index (χ0n) is 12.3. The van der Waals surface area contributed by atoms with Crippen LogP contribution in [0.1, 0.15) is 35.3 Å². The standard InChI is InChI=1S/C17H21FN2/c1-4-19-16(17-15(18)6-5-9-20-17)11-14-10-12(2)7-8-13(14)3/h5-10,16,19H,4,11H2,1-3H3. The van der Waals surface area contributed by atoms with Crippen LogP contribution in [0.15, 0.2) is 36.5 Å². The highest BCUT2D eigenvalue weighted by atomic mass is 19.1. The zero-order chi connectivity index (χ0) is 14.5. The lowest BCUT2D eigenvalue weighted by Crippen LogP contribution is -2.25. The van der Waals surface area contributed by atoms with Crippen molar-refractivity contribution in [3.05, 3.63) is 64.7 Å². The van der Waals surface area contributed by atoms with Gasteiger partial charge in [0.05, 0.1) is 11.7 Å². The third-order valence-electron chi connectivity index (χ3n) is 3.50. The summed E-state index contributed by atoms with van der Waals surface area (Å²) in [4.78, 5) is 4.21. The van der Waals surface area contributed by atoms with Crippen LogP contribution in [0.3, 0.4) is 0 Å². The average Bonchev–Trinajstić information content (AvgIpc) is 2.43. The van der Waals surface area contributed by atoms with E-state index in [1.54, 1.807) is 12.3 Å². The summed E-state index contributed by atoms with van der Waals surface area (Å²) in [6, 6.07) is 9.38. The first kappa shape index (κ1) is 14.7. The first-order valence-electron chi connectivity index (χ1n) is 7.01. The molecule has 0 aliphatic carbocycles. The van der Waals surface area contributed by atoms with Gasteiger partial charge in [0, 0.05) is 6.20 Å². The number of rotatable bonds is 5. The quantitative estimate of drug-likeness (QED) is 0.897. The molecule has 0 aliphatic rings. The molecular weight excluding hydrogens is 251 g/mol. The summed E-state index contributed by atoms with van der Waals surface area (Å²) in [6.07, 6.45) is 2.39. The van der Waals surface area contributed by atoms with Gasteiger partial charge in [-0.1, -0.05) is 30.7 Å². The van der Waals surface area contributed by atoms with E-state index in [1.807, 2.05) is 6.92 Å². The lowest BCUT2D eigenvalue weighted by atomic mass is 9.97. The minimum absolute atomic E-state index is 0.0956. The number of aromatic nitrogens is 1. The van der Waals surface area contributed by atoms with Crippen molar-refractivity contribution in [2.75, 3.05) is 6.54 Å². The molecule has 1 N–H and O–H groups in total. The van der Waals surface area contributed by atoms with Crippen LogP contribution in [-0.2, 0) is 6.42 Å². The molecule has 1 aromatic heterocycles. The molecule has 106 valence electrons. The third-order valence-corrected chi connectivity index (χ3v) is 3.50. The van der Waals surface area contributed by atoms with E-state index < -0.39 is 0 Å². The van der Waals surface area contributed by atoms with Gasteiger partial charge >= 0.3 is 0 Å². The van der Waals surface area contributed by atoms with Crippen molar-refractivity contribution in [2.24, 2.45) is 0 Å². The number of hydrogen-bond donors (Lipinski definition) is 1. The second kappa shape index (κ2) is 6.62. The number of halogens is 1. The number of nitrogens with zero attached hydrogens (tertiary/aromatic N) is 1. The van der Waals surface area contributed by atoms with Gasteiger partial charge in [-0.05, 0) is 50.1 Å². The Labute approximate surface area is 120 Å². The lowest BCUT2D eigenvalue weighted by molar-refractivity contribution is 0.494. The summed E-state index contributed by atoms with van der Waals surface area (Å²) < 4.78 is 13.9. The minimum Gasteiger partial charge on any atom is -0.309 e. The molecule has 1 aromatic carbocycles. The Morgan fingerprint density at radius 1 is 1.25 bits per heavy atom. The van der Waals surface area contributed by atoms with Crippen molar-refractivity contribution in [3.8, 4) is 0 Å². The summed E-state index contributed by atoms with van der Waals surface area (Å²) >= 11 is 0. The average molecular weight is 272 g/mol. The van der Waals surface area contributed by atoms with Crippen molar-refractivity contribution in [1.29, 1.82) is 0 Å². The molecule has 0 aliphatic heterocycles. The Balaban J connectivity index is 2.30. The molecule has 0 saturated carbocycles. The minimum atomic E-state index is -0.247. The molecule has 0 bridgehead atoms. The highest BCUT2D eigenvalue weighted by Gasteiger charge is 2.17. The largest absolute Gasteiger partial charge is 0.309 e.